The molecular weight excluding hydrogens is 280 g/mol. The lowest BCUT2D eigenvalue weighted by atomic mass is 9.72. The lowest BCUT2D eigenvalue weighted by Crippen LogP contribution is -2.39. The van der Waals surface area contributed by atoms with E-state index in [-0.39, 0.29) is 6.42 Å². The number of ether oxygens (including phenoxy) is 2. The smallest absolute Gasteiger partial charge is 0.321 e. The third-order valence-corrected chi connectivity index (χ3v) is 4.06. The average Bonchev–Trinajstić information content (AvgIpc) is 2.94. The maximum absolute atomic E-state index is 12.6. The van der Waals surface area contributed by atoms with E-state index in [2.05, 4.69) is 0 Å². The van der Waals surface area contributed by atoms with E-state index < -0.39 is 23.5 Å². The molecule has 22 heavy (non-hydrogen) atoms. The van der Waals surface area contributed by atoms with E-state index in [1.807, 2.05) is 60.7 Å². The molecule has 2 aromatic rings. The normalized spacial score (nSPS) is 23.9. The Morgan fingerprint density at radius 3 is 2.27 bits per heavy atom. The number of carbonyl (C=O) groups is 2. The third kappa shape index (κ3) is 2.17. The lowest BCUT2D eigenvalue weighted by Gasteiger charge is -2.30. The summed E-state index contributed by atoms with van der Waals surface area (Å²) in [6.07, 6.45) is -0.709. The Bertz CT molecular complexity index is 681. The second-order valence-electron chi connectivity index (χ2n) is 5.29. The third-order valence-electron chi connectivity index (χ3n) is 4.06. The zero-order valence-corrected chi connectivity index (χ0v) is 12.2. The van der Waals surface area contributed by atoms with Gasteiger partial charge in [-0.3, -0.25) is 9.59 Å². The Balaban J connectivity index is 2.19. The van der Waals surface area contributed by atoms with Gasteiger partial charge in [-0.05, 0) is 11.1 Å². The van der Waals surface area contributed by atoms with Crippen LogP contribution in [0.25, 0.3) is 0 Å². The van der Waals surface area contributed by atoms with E-state index in [4.69, 9.17) is 9.47 Å². The summed E-state index contributed by atoms with van der Waals surface area (Å²) in [7, 11) is 1.33. The lowest BCUT2D eigenvalue weighted by molar-refractivity contribution is -0.150. The first-order valence-electron chi connectivity index (χ1n) is 7.07. The summed E-state index contributed by atoms with van der Waals surface area (Å²) >= 11 is 0. The van der Waals surface area contributed by atoms with E-state index >= 15 is 0 Å². The molecule has 0 aliphatic carbocycles. The van der Waals surface area contributed by atoms with E-state index in [0.717, 1.165) is 11.1 Å². The monoisotopic (exact) mass is 296 g/mol. The minimum absolute atomic E-state index is 0.0246. The molecule has 0 bridgehead atoms. The van der Waals surface area contributed by atoms with Gasteiger partial charge in [0.15, 0.2) is 0 Å². The number of hydrogen-bond donors (Lipinski definition) is 0. The SMILES string of the molecule is COC(=O)[C@@]1(c2ccccc2)CC(=O)O[C@H]1c1ccccc1. The van der Waals surface area contributed by atoms with Crippen LogP contribution in [-0.4, -0.2) is 19.0 Å². The molecule has 2 aromatic carbocycles. The first-order valence-corrected chi connectivity index (χ1v) is 7.07. The van der Waals surface area contributed by atoms with Crippen LogP contribution in [0, 0.1) is 0 Å². The van der Waals surface area contributed by atoms with Crippen molar-refractivity contribution in [2.45, 2.75) is 17.9 Å². The van der Waals surface area contributed by atoms with Gasteiger partial charge in [0.05, 0.1) is 13.5 Å². The number of methoxy groups -OCH3 is 1. The van der Waals surface area contributed by atoms with Crippen molar-refractivity contribution in [1.82, 2.24) is 0 Å². The van der Waals surface area contributed by atoms with Gasteiger partial charge in [-0.1, -0.05) is 60.7 Å². The van der Waals surface area contributed by atoms with Crippen LogP contribution in [0.2, 0.25) is 0 Å². The highest BCUT2D eigenvalue weighted by atomic mass is 16.6. The van der Waals surface area contributed by atoms with Crippen molar-refractivity contribution in [1.29, 1.82) is 0 Å². The Morgan fingerprint density at radius 2 is 1.68 bits per heavy atom. The van der Waals surface area contributed by atoms with Crippen LogP contribution in [0.5, 0.6) is 0 Å². The molecule has 0 amide bonds. The minimum Gasteiger partial charge on any atom is -0.468 e. The largest absolute Gasteiger partial charge is 0.468 e. The molecule has 3 rings (SSSR count). The van der Waals surface area contributed by atoms with Crippen LogP contribution in [0.15, 0.2) is 60.7 Å². The molecule has 4 heteroatoms. The summed E-state index contributed by atoms with van der Waals surface area (Å²) in [5.41, 5.74) is 0.359. The number of cyclic esters (lactones) is 1. The number of rotatable bonds is 3. The van der Waals surface area contributed by atoms with Gasteiger partial charge in [-0.25, -0.2) is 0 Å². The van der Waals surface area contributed by atoms with Crippen LogP contribution in [0.3, 0.4) is 0 Å². The van der Waals surface area contributed by atoms with Crippen molar-refractivity contribution in [3.8, 4) is 0 Å². The zero-order valence-electron chi connectivity index (χ0n) is 12.2. The molecular formula is C18H16O4. The fourth-order valence-electron chi connectivity index (χ4n) is 3.04. The molecule has 0 saturated carbocycles. The minimum atomic E-state index is -1.14. The van der Waals surface area contributed by atoms with Gasteiger partial charge in [0.2, 0.25) is 0 Å². The Morgan fingerprint density at radius 1 is 1.09 bits per heavy atom. The summed E-state index contributed by atoms with van der Waals surface area (Å²) in [6, 6.07) is 18.5. The van der Waals surface area contributed by atoms with Crippen molar-refractivity contribution >= 4 is 11.9 Å². The molecule has 2 atom stereocenters. The standard InChI is InChI=1S/C18H16O4/c1-21-17(20)18(14-10-6-3-7-11-14)12-15(19)22-16(18)13-8-4-2-5-9-13/h2-11,16H,12H2,1H3/t16-,18+/m0/s1. The fraction of sp³-hybridized carbons (Fsp3) is 0.222. The molecule has 0 radical (unpaired) electrons. The van der Waals surface area contributed by atoms with Gasteiger partial charge in [0, 0.05) is 0 Å². The van der Waals surface area contributed by atoms with Crippen molar-refractivity contribution in [3.63, 3.8) is 0 Å². The first-order chi connectivity index (χ1) is 10.7. The molecule has 112 valence electrons. The van der Waals surface area contributed by atoms with Gasteiger partial charge >= 0.3 is 11.9 Å². The van der Waals surface area contributed by atoms with Gasteiger partial charge in [-0.2, -0.15) is 0 Å². The average molecular weight is 296 g/mol. The number of hydrogen-bond acceptors (Lipinski definition) is 4. The fourth-order valence-corrected chi connectivity index (χ4v) is 3.04. The van der Waals surface area contributed by atoms with Crippen LogP contribution >= 0.6 is 0 Å². The van der Waals surface area contributed by atoms with Crippen LogP contribution in [0.1, 0.15) is 23.7 Å². The molecule has 0 spiro atoms. The van der Waals surface area contributed by atoms with Crippen molar-refractivity contribution < 1.29 is 19.1 Å². The molecule has 1 heterocycles. The summed E-state index contributed by atoms with van der Waals surface area (Å²) in [4.78, 5) is 24.6. The molecule has 0 N–H and O–H groups in total. The van der Waals surface area contributed by atoms with E-state index in [9.17, 15) is 9.59 Å². The van der Waals surface area contributed by atoms with Crippen molar-refractivity contribution in [2.24, 2.45) is 0 Å². The quantitative estimate of drug-likeness (QED) is 0.817. The number of benzene rings is 2. The maximum Gasteiger partial charge on any atom is 0.321 e. The van der Waals surface area contributed by atoms with Crippen LogP contribution in [-0.2, 0) is 24.5 Å². The highest BCUT2D eigenvalue weighted by Gasteiger charge is 2.57. The molecule has 1 fully saturated rings. The van der Waals surface area contributed by atoms with Crippen molar-refractivity contribution in [2.75, 3.05) is 7.11 Å². The van der Waals surface area contributed by atoms with Crippen LogP contribution < -0.4 is 0 Å². The summed E-state index contributed by atoms with van der Waals surface area (Å²) in [6.45, 7) is 0. The highest BCUT2D eigenvalue weighted by molar-refractivity contribution is 5.92. The molecule has 4 nitrogen and oxygen atoms in total. The Kier molecular flexibility index (Phi) is 3.67. The predicted molar refractivity (Wildman–Crippen MR) is 80.0 cm³/mol. The van der Waals surface area contributed by atoms with Gasteiger partial charge in [0.25, 0.3) is 0 Å². The molecule has 1 aliphatic rings. The second-order valence-corrected chi connectivity index (χ2v) is 5.29. The molecule has 0 aromatic heterocycles. The maximum atomic E-state index is 12.6. The van der Waals surface area contributed by atoms with E-state index in [0.29, 0.717) is 0 Å². The van der Waals surface area contributed by atoms with Gasteiger partial charge < -0.3 is 9.47 Å². The first kappa shape index (κ1) is 14.3. The number of carbonyl (C=O) groups excluding carboxylic acids is 2. The summed E-state index contributed by atoms with van der Waals surface area (Å²) in [5, 5.41) is 0. The summed E-state index contributed by atoms with van der Waals surface area (Å²) < 4.78 is 10.5. The molecule has 1 saturated heterocycles. The molecule has 0 unspecified atom stereocenters. The Labute approximate surface area is 128 Å². The molecule has 1 aliphatic heterocycles. The Hall–Kier alpha value is -2.62. The van der Waals surface area contributed by atoms with Crippen molar-refractivity contribution in [3.05, 3.63) is 71.8 Å². The van der Waals surface area contributed by atoms with Gasteiger partial charge in [0.1, 0.15) is 11.5 Å². The van der Waals surface area contributed by atoms with E-state index in [1.165, 1.54) is 7.11 Å². The van der Waals surface area contributed by atoms with Crippen LogP contribution in [0.4, 0.5) is 0 Å². The highest BCUT2D eigenvalue weighted by Crippen LogP contribution is 2.48. The number of esters is 2. The predicted octanol–water partition coefficient (Wildman–Crippen LogP) is 2.79. The summed E-state index contributed by atoms with van der Waals surface area (Å²) in [5.74, 6) is -0.860. The zero-order chi connectivity index (χ0) is 15.6. The van der Waals surface area contributed by atoms with Gasteiger partial charge in [-0.15, -0.1) is 0 Å². The second kappa shape index (κ2) is 5.64. The topological polar surface area (TPSA) is 52.6 Å². The van der Waals surface area contributed by atoms with E-state index in [1.54, 1.807) is 0 Å².